The highest BCUT2D eigenvalue weighted by atomic mass is 19.4. The zero-order chi connectivity index (χ0) is 17.5. The third-order valence-electron chi connectivity index (χ3n) is 4.60. The lowest BCUT2D eigenvalue weighted by molar-refractivity contribution is -0.138. The standard InChI is InChI=1S/C16H15F3N2O3/c17-16(18,19)11-4-2-1-3-10(11)7-13(23)21-6-5-15(9-21)8-12(22)20-14(15)24/h1-4H,5-9H2,(H,20,22,24). The summed E-state index contributed by atoms with van der Waals surface area (Å²) in [5.74, 6) is -1.26. The van der Waals surface area contributed by atoms with E-state index < -0.39 is 29.0 Å². The molecule has 3 amide bonds. The van der Waals surface area contributed by atoms with Gasteiger partial charge in [-0.05, 0) is 18.1 Å². The minimum Gasteiger partial charge on any atom is -0.341 e. The van der Waals surface area contributed by atoms with Crippen molar-refractivity contribution in [1.82, 2.24) is 10.2 Å². The number of amides is 3. The second kappa shape index (κ2) is 5.61. The average Bonchev–Trinajstić information content (AvgIpc) is 3.03. The molecule has 0 aromatic heterocycles. The van der Waals surface area contributed by atoms with E-state index >= 15 is 0 Å². The van der Waals surface area contributed by atoms with Gasteiger partial charge in [0, 0.05) is 19.5 Å². The number of rotatable bonds is 2. The van der Waals surface area contributed by atoms with Gasteiger partial charge in [0.05, 0.1) is 17.4 Å². The van der Waals surface area contributed by atoms with Gasteiger partial charge in [0.2, 0.25) is 17.7 Å². The monoisotopic (exact) mass is 340 g/mol. The molecule has 2 aliphatic heterocycles. The van der Waals surface area contributed by atoms with Crippen LogP contribution in [-0.4, -0.2) is 35.7 Å². The summed E-state index contributed by atoms with van der Waals surface area (Å²) in [6.07, 6.45) is -4.55. The van der Waals surface area contributed by atoms with Crippen molar-refractivity contribution >= 4 is 17.7 Å². The number of nitrogens with zero attached hydrogens (tertiary/aromatic N) is 1. The number of benzene rings is 1. The maximum absolute atomic E-state index is 13.0. The van der Waals surface area contributed by atoms with Crippen molar-refractivity contribution in [2.75, 3.05) is 13.1 Å². The minimum atomic E-state index is -4.53. The van der Waals surface area contributed by atoms with Gasteiger partial charge < -0.3 is 4.90 Å². The van der Waals surface area contributed by atoms with Gasteiger partial charge in [-0.2, -0.15) is 13.2 Å². The van der Waals surface area contributed by atoms with Crippen LogP contribution in [0.3, 0.4) is 0 Å². The van der Waals surface area contributed by atoms with Crippen molar-refractivity contribution in [2.45, 2.75) is 25.4 Å². The van der Waals surface area contributed by atoms with Crippen LogP contribution in [0.4, 0.5) is 13.2 Å². The topological polar surface area (TPSA) is 66.5 Å². The summed E-state index contributed by atoms with van der Waals surface area (Å²) >= 11 is 0. The van der Waals surface area contributed by atoms with Crippen LogP contribution in [-0.2, 0) is 27.0 Å². The lowest BCUT2D eigenvalue weighted by Gasteiger charge is -2.21. The molecule has 3 rings (SSSR count). The van der Waals surface area contributed by atoms with Crippen LogP contribution in [0, 0.1) is 5.41 Å². The van der Waals surface area contributed by atoms with E-state index in [1.807, 2.05) is 0 Å². The Morgan fingerprint density at radius 2 is 1.96 bits per heavy atom. The molecule has 2 aliphatic rings. The van der Waals surface area contributed by atoms with Crippen LogP contribution in [0.25, 0.3) is 0 Å². The molecule has 0 bridgehead atoms. The van der Waals surface area contributed by atoms with Crippen LogP contribution in [0.1, 0.15) is 24.0 Å². The molecule has 2 fully saturated rings. The molecule has 1 N–H and O–H groups in total. The zero-order valence-corrected chi connectivity index (χ0v) is 12.7. The maximum Gasteiger partial charge on any atom is 0.416 e. The summed E-state index contributed by atoms with van der Waals surface area (Å²) in [4.78, 5) is 37.0. The van der Waals surface area contributed by atoms with E-state index in [1.54, 1.807) is 0 Å². The lowest BCUT2D eigenvalue weighted by Crippen LogP contribution is -2.37. The first-order valence-corrected chi connectivity index (χ1v) is 7.48. The van der Waals surface area contributed by atoms with E-state index in [9.17, 15) is 27.6 Å². The molecule has 1 spiro atoms. The number of hydrogen-bond acceptors (Lipinski definition) is 3. The van der Waals surface area contributed by atoms with E-state index in [1.165, 1.54) is 23.1 Å². The summed E-state index contributed by atoms with van der Waals surface area (Å²) in [6.45, 7) is 0.325. The molecule has 1 aromatic rings. The van der Waals surface area contributed by atoms with Gasteiger partial charge in [0.15, 0.2) is 0 Å². The average molecular weight is 340 g/mol. The van der Waals surface area contributed by atoms with Crippen molar-refractivity contribution in [3.05, 3.63) is 35.4 Å². The molecule has 128 valence electrons. The van der Waals surface area contributed by atoms with Crippen LogP contribution < -0.4 is 5.32 Å². The number of halogens is 3. The summed E-state index contributed by atoms with van der Waals surface area (Å²) < 4.78 is 39.0. The van der Waals surface area contributed by atoms with Gasteiger partial charge in [0.25, 0.3) is 0 Å². The lowest BCUT2D eigenvalue weighted by atomic mass is 9.85. The second-order valence-corrected chi connectivity index (χ2v) is 6.23. The van der Waals surface area contributed by atoms with Crippen molar-refractivity contribution < 1.29 is 27.6 Å². The quantitative estimate of drug-likeness (QED) is 0.830. The summed E-state index contributed by atoms with van der Waals surface area (Å²) in [7, 11) is 0. The summed E-state index contributed by atoms with van der Waals surface area (Å²) in [5, 5.41) is 2.22. The molecule has 24 heavy (non-hydrogen) atoms. The van der Waals surface area contributed by atoms with E-state index in [4.69, 9.17) is 0 Å². The fourth-order valence-electron chi connectivity index (χ4n) is 3.33. The molecule has 2 heterocycles. The zero-order valence-electron chi connectivity index (χ0n) is 12.7. The van der Waals surface area contributed by atoms with Gasteiger partial charge in [-0.25, -0.2) is 0 Å². The molecule has 2 saturated heterocycles. The Balaban J connectivity index is 1.74. The molecule has 0 aliphatic carbocycles. The van der Waals surface area contributed by atoms with Crippen LogP contribution in [0.15, 0.2) is 24.3 Å². The molecule has 1 aromatic carbocycles. The normalized spacial score (nSPS) is 23.9. The van der Waals surface area contributed by atoms with Gasteiger partial charge in [-0.3, -0.25) is 19.7 Å². The Bertz CT molecular complexity index is 717. The summed E-state index contributed by atoms with van der Waals surface area (Å²) in [6, 6.07) is 4.94. The van der Waals surface area contributed by atoms with Crippen molar-refractivity contribution in [3.8, 4) is 0 Å². The largest absolute Gasteiger partial charge is 0.416 e. The van der Waals surface area contributed by atoms with Crippen molar-refractivity contribution in [3.63, 3.8) is 0 Å². The minimum absolute atomic E-state index is 0.0226. The van der Waals surface area contributed by atoms with Crippen LogP contribution >= 0.6 is 0 Å². The van der Waals surface area contributed by atoms with E-state index in [0.717, 1.165) is 6.07 Å². The first-order valence-electron chi connectivity index (χ1n) is 7.48. The highest BCUT2D eigenvalue weighted by Crippen LogP contribution is 2.38. The smallest absolute Gasteiger partial charge is 0.341 e. The number of likely N-dealkylation sites (tertiary alicyclic amines) is 1. The second-order valence-electron chi connectivity index (χ2n) is 6.23. The predicted molar refractivity (Wildman–Crippen MR) is 76.5 cm³/mol. The van der Waals surface area contributed by atoms with Gasteiger partial charge >= 0.3 is 6.18 Å². The molecule has 0 radical (unpaired) electrons. The van der Waals surface area contributed by atoms with Crippen molar-refractivity contribution in [1.29, 1.82) is 0 Å². The molecule has 0 saturated carbocycles. The molecule has 1 atom stereocenters. The molecular weight excluding hydrogens is 325 g/mol. The summed E-state index contributed by atoms with van der Waals surface area (Å²) in [5.41, 5.74) is -1.85. The fourth-order valence-corrected chi connectivity index (χ4v) is 3.33. The number of carbonyl (C=O) groups excluding carboxylic acids is 3. The molecular formula is C16H15F3N2O3. The Morgan fingerprint density at radius 3 is 2.58 bits per heavy atom. The van der Waals surface area contributed by atoms with Crippen LogP contribution in [0.2, 0.25) is 0 Å². The maximum atomic E-state index is 13.0. The highest BCUT2D eigenvalue weighted by Gasteiger charge is 2.51. The molecule has 5 nitrogen and oxygen atoms in total. The Kier molecular flexibility index (Phi) is 3.85. The van der Waals surface area contributed by atoms with Gasteiger partial charge in [-0.1, -0.05) is 18.2 Å². The Hall–Kier alpha value is -2.38. The molecule has 1 unspecified atom stereocenters. The van der Waals surface area contributed by atoms with Crippen LogP contribution in [0.5, 0.6) is 0 Å². The third kappa shape index (κ3) is 2.88. The van der Waals surface area contributed by atoms with Gasteiger partial charge in [0.1, 0.15) is 0 Å². The highest BCUT2D eigenvalue weighted by molar-refractivity contribution is 6.06. The number of imide groups is 1. The Morgan fingerprint density at radius 1 is 1.25 bits per heavy atom. The number of carbonyl (C=O) groups is 3. The SMILES string of the molecule is O=C1CC2(CCN(C(=O)Cc3ccccc3C(F)(F)F)C2)C(=O)N1. The number of alkyl halides is 3. The first-order chi connectivity index (χ1) is 11.2. The first kappa shape index (κ1) is 16.5. The predicted octanol–water partition coefficient (Wildman–Crippen LogP) is 1.51. The third-order valence-corrected chi connectivity index (χ3v) is 4.60. The van der Waals surface area contributed by atoms with E-state index in [0.29, 0.717) is 6.42 Å². The number of hydrogen-bond donors (Lipinski definition) is 1. The van der Waals surface area contributed by atoms with Crippen molar-refractivity contribution in [2.24, 2.45) is 5.41 Å². The van der Waals surface area contributed by atoms with E-state index in [-0.39, 0.29) is 37.4 Å². The van der Waals surface area contributed by atoms with E-state index in [2.05, 4.69) is 5.32 Å². The number of nitrogens with one attached hydrogen (secondary N) is 1. The fraction of sp³-hybridized carbons (Fsp3) is 0.438. The molecule has 8 heteroatoms. The van der Waals surface area contributed by atoms with Gasteiger partial charge in [-0.15, -0.1) is 0 Å². The Labute approximate surface area is 135 Å².